The van der Waals surface area contributed by atoms with Gasteiger partial charge in [0.2, 0.25) is 5.91 Å². The smallest absolute Gasteiger partial charge is 0.325 e. The van der Waals surface area contributed by atoms with Gasteiger partial charge >= 0.3 is 5.97 Å². The molecule has 3 amide bonds. The third-order valence-corrected chi connectivity index (χ3v) is 10.5. The Labute approximate surface area is 297 Å². The number of hydrogen-bond donors (Lipinski definition) is 4. The molecule has 4 aromatic rings. The fraction of sp³-hybridized carbons (Fsp3) is 0.385. The Kier molecular flexibility index (Phi) is 11.8. The second kappa shape index (κ2) is 16.2. The van der Waals surface area contributed by atoms with E-state index >= 15 is 0 Å². The number of carboxylic acids is 1. The highest BCUT2D eigenvalue weighted by Crippen LogP contribution is 2.30. The van der Waals surface area contributed by atoms with Gasteiger partial charge in [-0.3, -0.25) is 19.2 Å². The van der Waals surface area contributed by atoms with Crippen LogP contribution in [0.4, 0.5) is 0 Å². The van der Waals surface area contributed by atoms with Crippen LogP contribution in [0, 0.1) is 5.92 Å². The van der Waals surface area contributed by atoms with Crippen LogP contribution in [0.2, 0.25) is 0 Å². The van der Waals surface area contributed by atoms with Crippen molar-refractivity contribution in [1.29, 1.82) is 0 Å². The second-order valence-electron chi connectivity index (χ2n) is 14.0. The number of benzene rings is 2. The number of aliphatic carboxylic acids is 1. The van der Waals surface area contributed by atoms with E-state index in [-0.39, 0.29) is 17.7 Å². The standard InChI is InChI=1S/C39H45N5O5S/c1-24(38(48)49)43-36(46)31(44-37(47)32-18-19-33(50-32)39(2,3)4)20-25-10-12-28(13-11-25)34-40-22-30(23-41-34)27-14-16-29(17-15-27)35(45)42-21-26-8-6-5-7-9-26/h10-19,22-24,26,31H,5-9,20-21H2,1-4H3,(H,42,45)(H,43,46)(H,44,47)(H,48,49)/t24-,31+/m1/s1. The average molecular weight is 696 g/mol. The number of carboxylic acid groups (broad SMARTS) is 1. The zero-order valence-corrected chi connectivity index (χ0v) is 29.8. The van der Waals surface area contributed by atoms with E-state index in [1.165, 1.54) is 50.4 Å². The molecule has 0 bridgehead atoms. The topological polar surface area (TPSA) is 150 Å². The Balaban J connectivity index is 1.22. The zero-order chi connectivity index (χ0) is 35.8. The number of hydrogen-bond acceptors (Lipinski definition) is 7. The van der Waals surface area contributed by atoms with Crippen molar-refractivity contribution in [1.82, 2.24) is 25.9 Å². The number of aromatic nitrogens is 2. The molecule has 5 rings (SSSR count). The number of nitrogens with one attached hydrogen (secondary N) is 3. The SMILES string of the molecule is C[C@@H](NC(=O)[C@H](Cc1ccc(-c2ncc(-c3ccc(C(=O)NCC4CCCCC4)cc3)cn2)cc1)NC(=O)c1ccc(C(C)(C)C)s1)C(=O)O. The molecule has 2 atom stereocenters. The predicted molar refractivity (Wildman–Crippen MR) is 195 cm³/mol. The highest BCUT2D eigenvalue weighted by molar-refractivity contribution is 7.14. The van der Waals surface area contributed by atoms with Gasteiger partial charge in [0, 0.05) is 46.9 Å². The first-order valence-electron chi connectivity index (χ1n) is 17.1. The molecule has 0 unspecified atom stereocenters. The molecule has 0 spiro atoms. The van der Waals surface area contributed by atoms with Gasteiger partial charge in [-0.15, -0.1) is 11.3 Å². The summed E-state index contributed by atoms with van der Waals surface area (Å²) in [7, 11) is 0. The highest BCUT2D eigenvalue weighted by Gasteiger charge is 2.27. The van der Waals surface area contributed by atoms with Crippen LogP contribution in [-0.4, -0.2) is 57.4 Å². The molecular formula is C39H45N5O5S. The van der Waals surface area contributed by atoms with Crippen LogP contribution in [0.1, 0.15) is 90.3 Å². The van der Waals surface area contributed by atoms with E-state index in [0.717, 1.165) is 33.7 Å². The molecule has 2 heterocycles. The fourth-order valence-electron chi connectivity index (χ4n) is 5.87. The summed E-state index contributed by atoms with van der Waals surface area (Å²) in [6.45, 7) is 8.29. The van der Waals surface area contributed by atoms with Crippen LogP contribution >= 0.6 is 11.3 Å². The molecule has 1 aliphatic carbocycles. The molecule has 0 radical (unpaired) electrons. The number of nitrogens with zero attached hydrogens (tertiary/aromatic N) is 2. The van der Waals surface area contributed by atoms with Gasteiger partial charge in [-0.1, -0.05) is 76.4 Å². The molecule has 4 N–H and O–H groups in total. The van der Waals surface area contributed by atoms with Crippen molar-refractivity contribution < 1.29 is 24.3 Å². The molecule has 262 valence electrons. The highest BCUT2D eigenvalue weighted by atomic mass is 32.1. The molecule has 2 aromatic carbocycles. The number of thiophene rings is 1. The van der Waals surface area contributed by atoms with E-state index in [4.69, 9.17) is 0 Å². The van der Waals surface area contributed by atoms with E-state index in [1.807, 2.05) is 54.6 Å². The largest absolute Gasteiger partial charge is 0.480 e. The van der Waals surface area contributed by atoms with Gasteiger partial charge in [0.25, 0.3) is 11.8 Å². The number of rotatable bonds is 12. The van der Waals surface area contributed by atoms with Crippen molar-refractivity contribution >= 4 is 35.0 Å². The number of amides is 3. The first-order chi connectivity index (χ1) is 23.9. The molecule has 0 aliphatic heterocycles. The fourth-order valence-corrected chi connectivity index (χ4v) is 6.84. The maximum Gasteiger partial charge on any atom is 0.325 e. The molecule has 1 aliphatic rings. The maximum atomic E-state index is 13.2. The Morgan fingerprint density at radius 3 is 2.06 bits per heavy atom. The van der Waals surface area contributed by atoms with Crippen LogP contribution in [-0.2, 0) is 21.4 Å². The predicted octanol–water partition coefficient (Wildman–Crippen LogP) is 6.41. The van der Waals surface area contributed by atoms with E-state index in [0.29, 0.717) is 22.2 Å². The van der Waals surface area contributed by atoms with E-state index in [2.05, 4.69) is 46.7 Å². The first kappa shape index (κ1) is 36.4. The maximum absolute atomic E-state index is 13.2. The van der Waals surface area contributed by atoms with Crippen LogP contribution in [0.25, 0.3) is 22.5 Å². The van der Waals surface area contributed by atoms with E-state index in [9.17, 15) is 24.3 Å². The first-order valence-corrected chi connectivity index (χ1v) is 17.9. The van der Waals surface area contributed by atoms with E-state index in [1.54, 1.807) is 18.5 Å². The lowest BCUT2D eigenvalue weighted by molar-refractivity contribution is -0.141. The van der Waals surface area contributed by atoms with Gasteiger partial charge in [0.15, 0.2) is 5.82 Å². The summed E-state index contributed by atoms with van der Waals surface area (Å²) in [6.07, 6.45) is 9.78. The van der Waals surface area contributed by atoms with Gasteiger partial charge in [-0.05, 0) is 66.5 Å². The molecule has 1 saturated carbocycles. The quantitative estimate of drug-likeness (QED) is 0.134. The number of carbonyl (C=O) groups is 4. The Morgan fingerprint density at radius 1 is 0.820 bits per heavy atom. The van der Waals surface area contributed by atoms with Crippen LogP contribution < -0.4 is 16.0 Å². The van der Waals surface area contributed by atoms with Gasteiger partial charge in [-0.2, -0.15) is 0 Å². The van der Waals surface area contributed by atoms with Crippen molar-refractivity contribution in [3.63, 3.8) is 0 Å². The second-order valence-corrected chi connectivity index (χ2v) is 15.1. The van der Waals surface area contributed by atoms with Crippen molar-refractivity contribution in [3.05, 3.63) is 93.9 Å². The molecule has 11 heteroatoms. The van der Waals surface area contributed by atoms with Gasteiger partial charge in [0.05, 0.1) is 4.88 Å². The molecule has 2 aromatic heterocycles. The van der Waals surface area contributed by atoms with Gasteiger partial charge in [0.1, 0.15) is 12.1 Å². The van der Waals surface area contributed by atoms with Crippen LogP contribution in [0.5, 0.6) is 0 Å². The van der Waals surface area contributed by atoms with Crippen molar-refractivity contribution in [3.8, 4) is 22.5 Å². The summed E-state index contributed by atoms with van der Waals surface area (Å²) in [5.41, 5.74) is 3.75. The van der Waals surface area contributed by atoms with Crippen LogP contribution in [0.3, 0.4) is 0 Å². The summed E-state index contributed by atoms with van der Waals surface area (Å²) < 4.78 is 0. The minimum Gasteiger partial charge on any atom is -0.480 e. The molecule has 1 fully saturated rings. The van der Waals surface area contributed by atoms with E-state index < -0.39 is 29.9 Å². The van der Waals surface area contributed by atoms with Crippen molar-refractivity contribution in [2.75, 3.05) is 6.54 Å². The van der Waals surface area contributed by atoms with Crippen LogP contribution in [0.15, 0.2) is 73.1 Å². The monoisotopic (exact) mass is 695 g/mol. The van der Waals surface area contributed by atoms with Gasteiger partial charge in [-0.25, -0.2) is 9.97 Å². The third kappa shape index (κ3) is 9.62. The zero-order valence-electron chi connectivity index (χ0n) is 29.0. The minimum absolute atomic E-state index is 0.0569. The molecule has 0 saturated heterocycles. The average Bonchev–Trinajstić information content (AvgIpc) is 3.63. The molecular weight excluding hydrogens is 651 g/mol. The Bertz CT molecular complexity index is 1790. The summed E-state index contributed by atoms with van der Waals surface area (Å²) in [4.78, 5) is 61.0. The third-order valence-electron chi connectivity index (χ3n) is 8.98. The lowest BCUT2D eigenvalue weighted by Gasteiger charge is -2.21. The summed E-state index contributed by atoms with van der Waals surface area (Å²) in [5, 5.41) is 17.7. The lowest BCUT2D eigenvalue weighted by atomic mass is 9.89. The number of carbonyl (C=O) groups excluding carboxylic acids is 3. The summed E-state index contributed by atoms with van der Waals surface area (Å²) in [6, 6.07) is 16.3. The summed E-state index contributed by atoms with van der Waals surface area (Å²) in [5.74, 6) is -1.12. The Hall–Kier alpha value is -4.90. The van der Waals surface area contributed by atoms with Crippen molar-refractivity contribution in [2.45, 2.75) is 83.7 Å². The van der Waals surface area contributed by atoms with Crippen molar-refractivity contribution in [2.24, 2.45) is 5.92 Å². The molecule has 50 heavy (non-hydrogen) atoms. The molecule has 10 nitrogen and oxygen atoms in total. The Morgan fingerprint density at radius 2 is 1.46 bits per heavy atom. The normalized spacial score (nSPS) is 14.7. The summed E-state index contributed by atoms with van der Waals surface area (Å²) >= 11 is 1.37. The minimum atomic E-state index is -1.17. The van der Waals surface area contributed by atoms with Gasteiger partial charge < -0.3 is 21.1 Å². The lowest BCUT2D eigenvalue weighted by Crippen LogP contribution is -2.51.